The minimum atomic E-state index is -0.157. The maximum absolute atomic E-state index is 11.9. The summed E-state index contributed by atoms with van der Waals surface area (Å²) in [6.45, 7) is 5.69. The van der Waals surface area contributed by atoms with Crippen LogP contribution < -0.4 is 5.32 Å². The highest BCUT2D eigenvalue weighted by Gasteiger charge is 2.06. The molecule has 0 atom stereocenters. The van der Waals surface area contributed by atoms with Gasteiger partial charge in [-0.15, -0.1) is 0 Å². The molecule has 0 aliphatic rings. The standard InChI is InChI=1S/C15H13ClNO/c1-10-3-6-12(7-4-10)15(18)17-13-8-5-11(2)14(16)9-13/h3-9H,1H2,2H3,(H,17,18). The maximum Gasteiger partial charge on any atom is 0.255 e. The molecule has 1 radical (unpaired) electrons. The molecular weight excluding hydrogens is 246 g/mol. The summed E-state index contributed by atoms with van der Waals surface area (Å²) in [4.78, 5) is 11.9. The fraction of sp³-hybridized carbons (Fsp3) is 0.0667. The van der Waals surface area contributed by atoms with Crippen molar-refractivity contribution < 1.29 is 4.79 Å². The second kappa shape index (κ2) is 5.23. The summed E-state index contributed by atoms with van der Waals surface area (Å²) in [6, 6.07) is 12.5. The molecule has 0 spiro atoms. The largest absolute Gasteiger partial charge is 0.322 e. The molecule has 0 heterocycles. The SMILES string of the molecule is [CH2]c1ccc(C(=O)Nc2ccc(C)c(Cl)c2)cc1. The Morgan fingerprint density at radius 3 is 2.44 bits per heavy atom. The highest BCUT2D eigenvalue weighted by molar-refractivity contribution is 6.31. The Bertz CT molecular complexity index is 576. The van der Waals surface area contributed by atoms with Gasteiger partial charge in [0.05, 0.1) is 0 Å². The first-order valence-corrected chi connectivity index (χ1v) is 5.93. The summed E-state index contributed by atoms with van der Waals surface area (Å²) in [6.07, 6.45) is 0. The molecule has 0 aromatic heterocycles. The maximum atomic E-state index is 11.9. The average molecular weight is 259 g/mol. The summed E-state index contributed by atoms with van der Waals surface area (Å²) in [5, 5.41) is 3.44. The van der Waals surface area contributed by atoms with Crippen LogP contribution in [0.4, 0.5) is 5.69 Å². The first-order chi connectivity index (χ1) is 8.56. The minimum absolute atomic E-state index is 0.157. The second-order valence-electron chi connectivity index (χ2n) is 4.12. The third-order valence-corrected chi connectivity index (χ3v) is 3.05. The van der Waals surface area contributed by atoms with Gasteiger partial charge in [-0.25, -0.2) is 0 Å². The van der Waals surface area contributed by atoms with E-state index in [4.69, 9.17) is 11.6 Å². The van der Waals surface area contributed by atoms with Crippen molar-refractivity contribution in [2.75, 3.05) is 5.32 Å². The Kier molecular flexibility index (Phi) is 3.68. The van der Waals surface area contributed by atoms with Crippen LogP contribution in [-0.2, 0) is 0 Å². The normalized spacial score (nSPS) is 10.2. The van der Waals surface area contributed by atoms with E-state index in [0.29, 0.717) is 16.3 Å². The van der Waals surface area contributed by atoms with Gasteiger partial charge in [0, 0.05) is 16.3 Å². The van der Waals surface area contributed by atoms with E-state index in [1.807, 2.05) is 19.1 Å². The Balaban J connectivity index is 2.16. The molecule has 0 unspecified atom stereocenters. The number of carbonyl (C=O) groups is 1. The van der Waals surface area contributed by atoms with Gasteiger partial charge in [0.15, 0.2) is 0 Å². The van der Waals surface area contributed by atoms with Crippen molar-refractivity contribution in [3.63, 3.8) is 0 Å². The quantitative estimate of drug-likeness (QED) is 0.864. The molecule has 2 aromatic carbocycles. The van der Waals surface area contributed by atoms with Gasteiger partial charge in [0.25, 0.3) is 5.91 Å². The molecule has 0 fully saturated rings. The highest BCUT2D eigenvalue weighted by Crippen LogP contribution is 2.20. The van der Waals surface area contributed by atoms with Gasteiger partial charge in [-0.1, -0.05) is 29.8 Å². The smallest absolute Gasteiger partial charge is 0.255 e. The van der Waals surface area contributed by atoms with Crippen molar-refractivity contribution in [2.45, 2.75) is 6.92 Å². The van der Waals surface area contributed by atoms with E-state index in [1.54, 1.807) is 30.3 Å². The lowest BCUT2D eigenvalue weighted by Gasteiger charge is -2.07. The van der Waals surface area contributed by atoms with Crippen LogP contribution in [0.1, 0.15) is 21.5 Å². The fourth-order valence-electron chi connectivity index (χ4n) is 1.53. The Morgan fingerprint density at radius 2 is 1.83 bits per heavy atom. The lowest BCUT2D eigenvalue weighted by molar-refractivity contribution is 0.102. The van der Waals surface area contributed by atoms with Crippen LogP contribution in [0.3, 0.4) is 0 Å². The number of anilines is 1. The minimum Gasteiger partial charge on any atom is -0.322 e. The van der Waals surface area contributed by atoms with E-state index >= 15 is 0 Å². The number of carbonyl (C=O) groups excluding carboxylic acids is 1. The van der Waals surface area contributed by atoms with Crippen molar-refractivity contribution >= 4 is 23.2 Å². The molecule has 0 aliphatic carbocycles. The van der Waals surface area contributed by atoms with Crippen LogP contribution in [0, 0.1) is 13.8 Å². The number of hydrogen-bond acceptors (Lipinski definition) is 1. The molecule has 91 valence electrons. The third-order valence-electron chi connectivity index (χ3n) is 2.65. The number of nitrogens with one attached hydrogen (secondary N) is 1. The molecule has 0 aliphatic heterocycles. The molecule has 0 bridgehead atoms. The lowest BCUT2D eigenvalue weighted by atomic mass is 10.1. The number of rotatable bonds is 2. The first kappa shape index (κ1) is 12.7. The molecule has 18 heavy (non-hydrogen) atoms. The predicted octanol–water partition coefficient (Wildman–Crippen LogP) is 4.08. The van der Waals surface area contributed by atoms with E-state index in [2.05, 4.69) is 12.2 Å². The van der Waals surface area contributed by atoms with Crippen LogP contribution in [0.15, 0.2) is 42.5 Å². The van der Waals surface area contributed by atoms with E-state index in [-0.39, 0.29) is 5.91 Å². The number of aryl methyl sites for hydroxylation is 1. The van der Waals surface area contributed by atoms with E-state index < -0.39 is 0 Å². The second-order valence-corrected chi connectivity index (χ2v) is 4.52. The molecule has 3 heteroatoms. The van der Waals surface area contributed by atoms with Crippen molar-refractivity contribution in [1.82, 2.24) is 0 Å². The van der Waals surface area contributed by atoms with E-state index in [1.165, 1.54) is 0 Å². The van der Waals surface area contributed by atoms with Crippen molar-refractivity contribution in [2.24, 2.45) is 0 Å². The first-order valence-electron chi connectivity index (χ1n) is 5.56. The molecule has 0 saturated heterocycles. The molecular formula is C15H13ClNO. The fourth-order valence-corrected chi connectivity index (χ4v) is 1.71. The van der Waals surface area contributed by atoms with Gasteiger partial charge < -0.3 is 5.32 Å². The van der Waals surface area contributed by atoms with Gasteiger partial charge in [0.2, 0.25) is 0 Å². The lowest BCUT2D eigenvalue weighted by Crippen LogP contribution is -2.11. The topological polar surface area (TPSA) is 29.1 Å². The molecule has 2 aromatic rings. The number of amides is 1. The molecule has 2 rings (SSSR count). The zero-order valence-corrected chi connectivity index (χ0v) is 10.8. The van der Waals surface area contributed by atoms with E-state index in [0.717, 1.165) is 11.1 Å². The van der Waals surface area contributed by atoms with Gasteiger partial charge in [-0.05, 0) is 49.2 Å². The molecule has 2 nitrogen and oxygen atoms in total. The number of benzene rings is 2. The zero-order valence-electron chi connectivity index (χ0n) is 10.0. The Labute approximate surface area is 112 Å². The average Bonchev–Trinajstić information content (AvgIpc) is 2.34. The van der Waals surface area contributed by atoms with Gasteiger partial charge in [-0.2, -0.15) is 0 Å². The van der Waals surface area contributed by atoms with E-state index in [9.17, 15) is 4.79 Å². The zero-order chi connectivity index (χ0) is 13.1. The summed E-state index contributed by atoms with van der Waals surface area (Å²) >= 11 is 6.00. The summed E-state index contributed by atoms with van der Waals surface area (Å²) in [5.41, 5.74) is 3.15. The monoisotopic (exact) mass is 258 g/mol. The van der Waals surface area contributed by atoms with Crippen LogP contribution >= 0.6 is 11.6 Å². The highest BCUT2D eigenvalue weighted by atomic mass is 35.5. The molecule has 1 amide bonds. The van der Waals surface area contributed by atoms with Gasteiger partial charge >= 0.3 is 0 Å². The number of halogens is 1. The Hall–Kier alpha value is -1.80. The van der Waals surface area contributed by atoms with Crippen LogP contribution in [0.5, 0.6) is 0 Å². The third kappa shape index (κ3) is 2.90. The number of hydrogen-bond donors (Lipinski definition) is 1. The van der Waals surface area contributed by atoms with Crippen molar-refractivity contribution in [1.29, 1.82) is 0 Å². The van der Waals surface area contributed by atoms with Crippen LogP contribution in [-0.4, -0.2) is 5.91 Å². The van der Waals surface area contributed by atoms with Gasteiger partial charge in [0.1, 0.15) is 0 Å². The van der Waals surface area contributed by atoms with Crippen molar-refractivity contribution in [3.8, 4) is 0 Å². The Morgan fingerprint density at radius 1 is 1.17 bits per heavy atom. The molecule has 0 saturated carbocycles. The molecule has 1 N–H and O–H groups in total. The summed E-state index contributed by atoms with van der Waals surface area (Å²) in [7, 11) is 0. The van der Waals surface area contributed by atoms with Crippen LogP contribution in [0.2, 0.25) is 5.02 Å². The van der Waals surface area contributed by atoms with Crippen LogP contribution in [0.25, 0.3) is 0 Å². The van der Waals surface area contributed by atoms with Gasteiger partial charge in [-0.3, -0.25) is 4.79 Å². The summed E-state index contributed by atoms with van der Waals surface area (Å²) in [5.74, 6) is -0.157. The predicted molar refractivity (Wildman–Crippen MR) is 75.0 cm³/mol. The summed E-state index contributed by atoms with van der Waals surface area (Å²) < 4.78 is 0. The van der Waals surface area contributed by atoms with Crippen molar-refractivity contribution in [3.05, 3.63) is 71.1 Å².